The Hall–Kier alpha value is -4.88. The molecule has 0 spiro atoms. The molecule has 37 heavy (non-hydrogen) atoms. The summed E-state index contributed by atoms with van der Waals surface area (Å²) in [5, 5.41) is 10.6. The van der Waals surface area contributed by atoms with E-state index in [9.17, 15) is 0 Å². The zero-order valence-corrected chi connectivity index (χ0v) is 20.1. The van der Waals surface area contributed by atoms with Gasteiger partial charge in [0.1, 0.15) is 0 Å². The Balaban J connectivity index is 1.65. The largest absolute Gasteiger partial charge is 0.309 e. The van der Waals surface area contributed by atoms with Gasteiger partial charge in [-0.25, -0.2) is 0 Å². The Morgan fingerprint density at radius 1 is 0.351 bits per heavy atom. The molecule has 0 saturated carbocycles. The Kier molecular flexibility index (Phi) is 3.59. The molecule has 0 atom stereocenters. The molecule has 0 saturated heterocycles. The second kappa shape index (κ2) is 6.87. The summed E-state index contributed by atoms with van der Waals surface area (Å²) in [7, 11) is 0. The molecule has 0 amide bonds. The summed E-state index contributed by atoms with van der Waals surface area (Å²) in [6, 6.07) is 46.9. The van der Waals surface area contributed by atoms with Crippen molar-refractivity contribution in [3.8, 4) is 27.9 Å². The van der Waals surface area contributed by atoms with Crippen LogP contribution in [0.15, 0.2) is 127 Å². The van der Waals surface area contributed by atoms with Crippen molar-refractivity contribution < 1.29 is 0 Å². The molecule has 1 aliphatic carbocycles. The van der Waals surface area contributed by atoms with E-state index in [1.54, 1.807) is 0 Å². The van der Waals surface area contributed by atoms with E-state index in [1.165, 1.54) is 82.1 Å². The van der Waals surface area contributed by atoms with E-state index < -0.39 is 0 Å². The zero-order valence-electron chi connectivity index (χ0n) is 20.1. The van der Waals surface area contributed by atoms with E-state index >= 15 is 0 Å². The first-order valence-electron chi connectivity index (χ1n) is 12.9. The zero-order chi connectivity index (χ0) is 24.1. The highest BCUT2D eigenvalue weighted by molar-refractivity contribution is 6.35. The van der Waals surface area contributed by atoms with Gasteiger partial charge in [-0.1, -0.05) is 103 Å². The molecule has 1 nitrogen and oxygen atoms in total. The van der Waals surface area contributed by atoms with Crippen molar-refractivity contribution >= 4 is 54.1 Å². The van der Waals surface area contributed by atoms with Crippen LogP contribution in [0.3, 0.4) is 0 Å². The molecule has 0 radical (unpaired) electrons. The van der Waals surface area contributed by atoms with Crippen molar-refractivity contribution in [2.45, 2.75) is 0 Å². The predicted octanol–water partition coefficient (Wildman–Crippen LogP) is 9.89. The molecule has 0 N–H and O–H groups in total. The van der Waals surface area contributed by atoms with Crippen LogP contribution < -0.4 is 0 Å². The van der Waals surface area contributed by atoms with Gasteiger partial charge in [0, 0.05) is 16.5 Å². The number of fused-ring (bicyclic) bond motifs is 8. The first-order valence-corrected chi connectivity index (χ1v) is 12.9. The average Bonchev–Trinajstić information content (AvgIpc) is 3.24. The SMILES string of the molecule is c1ccc(-n2c3cccc4c3c3c5c(cccc5ccc32)-c2c-4c3ccccc3c3ccccc23)cc1. The Morgan fingerprint density at radius 3 is 1.62 bits per heavy atom. The molecule has 1 aliphatic rings. The van der Waals surface area contributed by atoms with Gasteiger partial charge < -0.3 is 4.57 Å². The van der Waals surface area contributed by atoms with E-state index in [-0.39, 0.29) is 0 Å². The van der Waals surface area contributed by atoms with E-state index in [2.05, 4.69) is 132 Å². The van der Waals surface area contributed by atoms with E-state index in [1.807, 2.05) is 0 Å². The molecule has 0 unspecified atom stereocenters. The van der Waals surface area contributed by atoms with Gasteiger partial charge in [-0.05, 0) is 78.8 Å². The fourth-order valence-corrected chi connectivity index (χ4v) is 6.90. The molecule has 1 aromatic heterocycles. The predicted molar refractivity (Wildman–Crippen MR) is 158 cm³/mol. The highest BCUT2D eigenvalue weighted by Gasteiger charge is 2.27. The minimum atomic E-state index is 1.20. The number of hydrogen-bond acceptors (Lipinski definition) is 0. The average molecular weight is 468 g/mol. The van der Waals surface area contributed by atoms with Gasteiger partial charge in [0.15, 0.2) is 0 Å². The Labute approximate surface area is 213 Å². The van der Waals surface area contributed by atoms with Crippen LogP contribution in [-0.2, 0) is 0 Å². The van der Waals surface area contributed by atoms with Gasteiger partial charge in [0.05, 0.1) is 11.0 Å². The normalized spacial score (nSPS) is 12.3. The van der Waals surface area contributed by atoms with Crippen LogP contribution in [0.5, 0.6) is 0 Å². The molecule has 170 valence electrons. The minimum absolute atomic E-state index is 1.20. The van der Waals surface area contributed by atoms with Crippen LogP contribution >= 0.6 is 0 Å². The number of rotatable bonds is 1. The third-order valence-electron chi connectivity index (χ3n) is 8.28. The van der Waals surface area contributed by atoms with Gasteiger partial charge in [-0.15, -0.1) is 0 Å². The standard InChI is InChI=1S/C36H21N/c1-2-11-23(12-3-1)37-30-19-9-18-29-34-27-16-7-5-14-25(27)24-13-4-6-15-26(24)33(34)28-17-8-10-22-20-21-31(37)36(32(22)28)35(29)30/h1-21H. The lowest BCUT2D eigenvalue weighted by Gasteiger charge is -2.19. The van der Waals surface area contributed by atoms with Gasteiger partial charge in [-0.3, -0.25) is 0 Å². The maximum atomic E-state index is 2.44. The molecular formula is C36H21N. The molecule has 0 aliphatic heterocycles. The molecule has 1 heterocycles. The topological polar surface area (TPSA) is 4.93 Å². The monoisotopic (exact) mass is 467 g/mol. The molecule has 7 aromatic carbocycles. The summed E-state index contributed by atoms with van der Waals surface area (Å²) < 4.78 is 2.44. The number of nitrogens with zero attached hydrogens (tertiary/aromatic N) is 1. The summed E-state index contributed by atoms with van der Waals surface area (Å²) in [6.45, 7) is 0. The van der Waals surface area contributed by atoms with Gasteiger partial charge in [0.2, 0.25) is 0 Å². The second-order valence-electron chi connectivity index (χ2n) is 10.1. The summed E-state index contributed by atoms with van der Waals surface area (Å²) in [5.41, 5.74) is 9.04. The molecule has 0 fully saturated rings. The van der Waals surface area contributed by atoms with Crippen LogP contribution in [-0.4, -0.2) is 4.57 Å². The van der Waals surface area contributed by atoms with Gasteiger partial charge in [-0.2, -0.15) is 0 Å². The smallest absolute Gasteiger partial charge is 0.0547 e. The van der Waals surface area contributed by atoms with Crippen molar-refractivity contribution in [3.63, 3.8) is 0 Å². The molecular weight excluding hydrogens is 446 g/mol. The molecule has 1 heteroatoms. The van der Waals surface area contributed by atoms with Crippen LogP contribution in [0.4, 0.5) is 0 Å². The number of para-hydroxylation sites is 1. The highest BCUT2D eigenvalue weighted by atomic mass is 15.0. The Morgan fingerprint density at radius 2 is 0.919 bits per heavy atom. The number of benzene rings is 7. The minimum Gasteiger partial charge on any atom is -0.309 e. The van der Waals surface area contributed by atoms with Gasteiger partial charge in [0.25, 0.3) is 0 Å². The lowest BCUT2D eigenvalue weighted by atomic mass is 9.84. The molecule has 8 aromatic rings. The summed E-state index contributed by atoms with van der Waals surface area (Å²) >= 11 is 0. The van der Waals surface area contributed by atoms with E-state index in [0.29, 0.717) is 0 Å². The maximum Gasteiger partial charge on any atom is 0.0547 e. The van der Waals surface area contributed by atoms with Gasteiger partial charge >= 0.3 is 0 Å². The summed E-state index contributed by atoms with van der Waals surface area (Å²) in [4.78, 5) is 0. The molecule has 9 rings (SSSR count). The van der Waals surface area contributed by atoms with Crippen LogP contribution in [0, 0.1) is 0 Å². The number of hydrogen-bond donors (Lipinski definition) is 0. The number of aromatic nitrogens is 1. The van der Waals surface area contributed by atoms with E-state index in [0.717, 1.165) is 0 Å². The highest BCUT2D eigenvalue weighted by Crippen LogP contribution is 2.53. The summed E-state index contributed by atoms with van der Waals surface area (Å²) in [5.74, 6) is 0. The third kappa shape index (κ3) is 2.34. The summed E-state index contributed by atoms with van der Waals surface area (Å²) in [6.07, 6.45) is 0. The van der Waals surface area contributed by atoms with Crippen molar-refractivity contribution in [1.82, 2.24) is 4.57 Å². The lowest BCUT2D eigenvalue weighted by molar-refractivity contribution is 1.18. The van der Waals surface area contributed by atoms with Crippen LogP contribution in [0.1, 0.15) is 0 Å². The van der Waals surface area contributed by atoms with Crippen LogP contribution in [0.25, 0.3) is 82.1 Å². The fraction of sp³-hybridized carbons (Fsp3) is 0. The lowest BCUT2D eigenvalue weighted by Crippen LogP contribution is -1.95. The van der Waals surface area contributed by atoms with E-state index in [4.69, 9.17) is 0 Å². The second-order valence-corrected chi connectivity index (χ2v) is 10.1. The maximum absolute atomic E-state index is 2.44. The van der Waals surface area contributed by atoms with Crippen molar-refractivity contribution in [1.29, 1.82) is 0 Å². The first kappa shape index (κ1) is 19.3. The Bertz CT molecular complexity index is 2230. The van der Waals surface area contributed by atoms with Crippen LogP contribution in [0.2, 0.25) is 0 Å². The van der Waals surface area contributed by atoms with Crippen molar-refractivity contribution in [3.05, 3.63) is 127 Å². The fourth-order valence-electron chi connectivity index (χ4n) is 6.90. The molecule has 0 bridgehead atoms. The first-order chi connectivity index (χ1) is 18.4. The third-order valence-corrected chi connectivity index (χ3v) is 8.28. The quantitative estimate of drug-likeness (QED) is 0.212. The van der Waals surface area contributed by atoms with Crippen molar-refractivity contribution in [2.24, 2.45) is 0 Å². The van der Waals surface area contributed by atoms with Crippen molar-refractivity contribution in [2.75, 3.05) is 0 Å².